The van der Waals surface area contributed by atoms with Gasteiger partial charge in [-0.05, 0) is 24.8 Å². The molecule has 7 heteroatoms. The zero-order chi connectivity index (χ0) is 16.4. The van der Waals surface area contributed by atoms with Gasteiger partial charge in [0.1, 0.15) is 0 Å². The van der Waals surface area contributed by atoms with Gasteiger partial charge in [-0.25, -0.2) is 13.6 Å². The largest absolute Gasteiger partial charge is 0.337 e. The van der Waals surface area contributed by atoms with E-state index < -0.39 is 10.0 Å². The van der Waals surface area contributed by atoms with Crippen LogP contribution in [0, 0.1) is 18.8 Å². The second kappa shape index (κ2) is 6.89. The van der Waals surface area contributed by atoms with Crippen LogP contribution in [0.4, 0.5) is 0 Å². The second-order valence-corrected chi connectivity index (χ2v) is 8.86. The number of primary sulfonamides is 1. The molecule has 2 N–H and O–H groups in total. The maximum atomic E-state index is 12.6. The molecule has 5 nitrogen and oxygen atoms in total. The van der Waals surface area contributed by atoms with Crippen molar-refractivity contribution < 1.29 is 13.2 Å². The molecule has 0 saturated heterocycles. The molecule has 0 aliphatic heterocycles. The summed E-state index contributed by atoms with van der Waals surface area (Å²) in [4.78, 5) is 15.4. The molecule has 21 heavy (non-hydrogen) atoms. The number of rotatable bonds is 6. The molecule has 1 aromatic heterocycles. The van der Waals surface area contributed by atoms with Gasteiger partial charge in [0.25, 0.3) is 5.91 Å². The van der Waals surface area contributed by atoms with Gasteiger partial charge >= 0.3 is 0 Å². The lowest BCUT2D eigenvalue weighted by molar-refractivity contribution is 0.0720. The summed E-state index contributed by atoms with van der Waals surface area (Å²) in [5.41, 5.74) is 0. The molecule has 0 atom stereocenters. The first-order valence-corrected chi connectivity index (χ1v) is 9.31. The maximum Gasteiger partial charge on any atom is 0.263 e. The van der Waals surface area contributed by atoms with Gasteiger partial charge in [-0.3, -0.25) is 4.79 Å². The van der Waals surface area contributed by atoms with Gasteiger partial charge in [-0.1, -0.05) is 27.7 Å². The Hall–Kier alpha value is -0.920. The highest BCUT2D eigenvalue weighted by Crippen LogP contribution is 2.26. The van der Waals surface area contributed by atoms with Crippen LogP contribution in [0.1, 0.15) is 42.2 Å². The van der Waals surface area contributed by atoms with Crippen molar-refractivity contribution in [3.05, 3.63) is 15.8 Å². The Balaban J connectivity index is 3.09. The molecule has 120 valence electrons. The Morgan fingerprint density at radius 3 is 2.05 bits per heavy atom. The zero-order valence-corrected chi connectivity index (χ0v) is 14.8. The Morgan fingerprint density at radius 1 is 1.24 bits per heavy atom. The summed E-state index contributed by atoms with van der Waals surface area (Å²) < 4.78 is 22.9. The third-order valence-corrected chi connectivity index (χ3v) is 5.05. The Morgan fingerprint density at radius 2 is 1.71 bits per heavy atom. The van der Waals surface area contributed by atoms with E-state index in [1.54, 1.807) is 11.8 Å². The van der Waals surface area contributed by atoms with Gasteiger partial charge < -0.3 is 4.90 Å². The number of carbonyl (C=O) groups is 1. The molecule has 1 rings (SSSR count). The minimum absolute atomic E-state index is 0.0462. The molecular weight excluding hydrogens is 308 g/mol. The SMILES string of the molecule is Cc1sc(C(=O)N(CC(C)C)CC(C)C)cc1S(N)(=O)=O. The normalized spacial score (nSPS) is 12.2. The highest BCUT2D eigenvalue weighted by molar-refractivity contribution is 7.89. The molecule has 1 heterocycles. The van der Waals surface area contributed by atoms with Crippen molar-refractivity contribution >= 4 is 27.3 Å². The van der Waals surface area contributed by atoms with Crippen LogP contribution in [0.5, 0.6) is 0 Å². The highest BCUT2D eigenvalue weighted by Gasteiger charge is 2.23. The Labute approximate surface area is 131 Å². The van der Waals surface area contributed by atoms with Crippen LogP contribution in [0.15, 0.2) is 11.0 Å². The molecule has 0 saturated carbocycles. The number of sulfonamides is 1. The first-order chi connectivity index (χ1) is 9.52. The molecule has 0 fully saturated rings. The minimum Gasteiger partial charge on any atom is -0.337 e. The van der Waals surface area contributed by atoms with Crippen LogP contribution >= 0.6 is 11.3 Å². The van der Waals surface area contributed by atoms with Crippen molar-refractivity contribution in [2.24, 2.45) is 17.0 Å². The molecule has 0 unspecified atom stereocenters. The lowest BCUT2D eigenvalue weighted by Gasteiger charge is -2.25. The fourth-order valence-corrected chi connectivity index (χ4v) is 4.24. The predicted molar refractivity (Wildman–Crippen MR) is 86.0 cm³/mol. The van der Waals surface area contributed by atoms with E-state index in [1.807, 2.05) is 0 Å². The van der Waals surface area contributed by atoms with E-state index in [4.69, 9.17) is 5.14 Å². The van der Waals surface area contributed by atoms with Crippen molar-refractivity contribution in [1.82, 2.24) is 4.90 Å². The van der Waals surface area contributed by atoms with Crippen LogP contribution in [0.3, 0.4) is 0 Å². The summed E-state index contributed by atoms with van der Waals surface area (Å²) in [5.74, 6) is 0.582. The summed E-state index contributed by atoms with van der Waals surface area (Å²) in [6.07, 6.45) is 0. The Bertz CT molecular complexity index is 594. The fraction of sp³-hybridized carbons (Fsp3) is 0.643. The first-order valence-electron chi connectivity index (χ1n) is 6.94. The van der Waals surface area contributed by atoms with Gasteiger partial charge in [0.05, 0.1) is 9.77 Å². The average molecular weight is 332 g/mol. The summed E-state index contributed by atoms with van der Waals surface area (Å²) in [7, 11) is -3.78. The molecule has 0 spiro atoms. The van der Waals surface area contributed by atoms with Gasteiger partial charge in [-0.2, -0.15) is 0 Å². The molecule has 0 bridgehead atoms. The minimum atomic E-state index is -3.78. The molecule has 0 radical (unpaired) electrons. The number of thiophene rings is 1. The average Bonchev–Trinajstić information content (AvgIpc) is 2.68. The molecule has 0 aliphatic carbocycles. The third kappa shape index (κ3) is 5.09. The van der Waals surface area contributed by atoms with Crippen LogP contribution in [-0.4, -0.2) is 32.3 Å². The van der Waals surface area contributed by atoms with E-state index in [0.717, 1.165) is 0 Å². The third-order valence-electron chi connectivity index (χ3n) is 2.85. The molecule has 1 amide bonds. The van der Waals surface area contributed by atoms with Crippen LogP contribution in [0.25, 0.3) is 0 Å². The first kappa shape index (κ1) is 18.1. The van der Waals surface area contributed by atoms with Crippen molar-refractivity contribution in [2.75, 3.05) is 13.1 Å². The van der Waals surface area contributed by atoms with Crippen LogP contribution in [-0.2, 0) is 10.0 Å². The molecule has 0 aromatic carbocycles. The molecule has 0 aliphatic rings. The second-order valence-electron chi connectivity index (χ2n) is 6.07. The zero-order valence-electron chi connectivity index (χ0n) is 13.2. The van der Waals surface area contributed by atoms with E-state index >= 15 is 0 Å². The number of nitrogens with two attached hydrogens (primary N) is 1. The quantitative estimate of drug-likeness (QED) is 0.869. The van der Waals surface area contributed by atoms with Gasteiger partial charge in [0.2, 0.25) is 10.0 Å². The topological polar surface area (TPSA) is 80.5 Å². The van der Waals surface area contributed by atoms with Crippen molar-refractivity contribution in [3.63, 3.8) is 0 Å². The van der Waals surface area contributed by atoms with Gasteiger partial charge in [-0.15, -0.1) is 11.3 Å². The van der Waals surface area contributed by atoms with E-state index in [-0.39, 0.29) is 10.8 Å². The van der Waals surface area contributed by atoms with Crippen molar-refractivity contribution in [1.29, 1.82) is 0 Å². The van der Waals surface area contributed by atoms with E-state index in [1.165, 1.54) is 17.4 Å². The van der Waals surface area contributed by atoms with E-state index in [9.17, 15) is 13.2 Å². The smallest absolute Gasteiger partial charge is 0.263 e. The summed E-state index contributed by atoms with van der Waals surface area (Å²) in [5, 5.41) is 5.16. The van der Waals surface area contributed by atoms with Gasteiger partial charge in [0.15, 0.2) is 0 Å². The van der Waals surface area contributed by atoms with E-state index in [2.05, 4.69) is 27.7 Å². The number of hydrogen-bond acceptors (Lipinski definition) is 4. The van der Waals surface area contributed by atoms with Gasteiger partial charge in [0, 0.05) is 18.0 Å². The number of hydrogen-bond donors (Lipinski definition) is 1. The molecular formula is C14H24N2O3S2. The maximum absolute atomic E-state index is 12.6. The van der Waals surface area contributed by atoms with Crippen molar-refractivity contribution in [2.45, 2.75) is 39.5 Å². The standard InChI is InChI=1S/C14H24N2O3S2/c1-9(2)7-16(8-10(3)4)14(17)12-6-13(11(5)20-12)21(15,18)19/h6,9-10H,7-8H2,1-5H3,(H2,15,18,19). The highest BCUT2D eigenvalue weighted by atomic mass is 32.2. The summed E-state index contributed by atoms with van der Waals surface area (Å²) in [6, 6.07) is 1.39. The van der Waals surface area contributed by atoms with E-state index in [0.29, 0.717) is 34.7 Å². The lowest BCUT2D eigenvalue weighted by Crippen LogP contribution is -2.36. The number of nitrogens with zero attached hydrogens (tertiary/aromatic N) is 1. The summed E-state index contributed by atoms with van der Waals surface area (Å²) >= 11 is 1.18. The van der Waals surface area contributed by atoms with Crippen LogP contribution < -0.4 is 5.14 Å². The number of aryl methyl sites for hydroxylation is 1. The number of carbonyl (C=O) groups excluding carboxylic acids is 1. The monoisotopic (exact) mass is 332 g/mol. The molecule has 1 aromatic rings. The lowest BCUT2D eigenvalue weighted by atomic mass is 10.1. The van der Waals surface area contributed by atoms with Crippen molar-refractivity contribution in [3.8, 4) is 0 Å². The number of amides is 1. The fourth-order valence-electron chi connectivity index (χ4n) is 2.13. The van der Waals surface area contributed by atoms with Crippen LogP contribution in [0.2, 0.25) is 0 Å². The summed E-state index contributed by atoms with van der Waals surface area (Å²) in [6.45, 7) is 11.2. The Kier molecular flexibility index (Phi) is 5.95. The predicted octanol–water partition coefficient (Wildman–Crippen LogP) is 2.46.